The number of aromatic nitrogens is 1. The lowest BCUT2D eigenvalue weighted by Gasteiger charge is -2.03. The first kappa shape index (κ1) is 14.2. The van der Waals surface area contributed by atoms with E-state index in [2.05, 4.69) is 41.2 Å². The molecule has 0 spiro atoms. The van der Waals surface area contributed by atoms with E-state index in [9.17, 15) is 0 Å². The summed E-state index contributed by atoms with van der Waals surface area (Å²) in [5.41, 5.74) is 2.36. The lowest BCUT2D eigenvalue weighted by atomic mass is 10.1. The van der Waals surface area contributed by atoms with E-state index >= 15 is 0 Å². The number of anilines is 1. The van der Waals surface area contributed by atoms with E-state index in [1.807, 2.05) is 19.0 Å². The minimum atomic E-state index is 0.829. The summed E-state index contributed by atoms with van der Waals surface area (Å²) < 4.78 is 0. The predicted molar refractivity (Wildman–Crippen MR) is 84.6 cm³/mol. The fourth-order valence-corrected chi connectivity index (χ4v) is 3.62. The summed E-state index contributed by atoms with van der Waals surface area (Å²) in [6.07, 6.45) is 3.64. The van der Waals surface area contributed by atoms with Crippen LogP contribution in [0.4, 0.5) is 10.8 Å². The van der Waals surface area contributed by atoms with Crippen molar-refractivity contribution in [3.8, 4) is 0 Å². The maximum absolute atomic E-state index is 4.56. The van der Waals surface area contributed by atoms with Crippen LogP contribution >= 0.6 is 20.7 Å². The zero-order valence-corrected chi connectivity index (χ0v) is 13.2. The van der Waals surface area contributed by atoms with Crippen molar-refractivity contribution < 1.29 is 0 Å². The normalized spacial score (nSPS) is 11.8. The highest BCUT2D eigenvalue weighted by Crippen LogP contribution is 2.18. The van der Waals surface area contributed by atoms with Crippen molar-refractivity contribution >= 4 is 31.5 Å². The van der Waals surface area contributed by atoms with E-state index in [1.165, 1.54) is 18.4 Å². The van der Waals surface area contributed by atoms with Gasteiger partial charge in [-0.25, -0.2) is 4.99 Å². The molecule has 102 valence electrons. The number of hydrogen-bond acceptors (Lipinski definition) is 5. The van der Waals surface area contributed by atoms with Crippen LogP contribution in [0.15, 0.2) is 29.3 Å². The van der Waals surface area contributed by atoms with Gasteiger partial charge < -0.3 is 4.90 Å². The molecule has 2 rings (SSSR count). The Balaban J connectivity index is 2.13. The molecule has 0 radical (unpaired) electrons. The third kappa shape index (κ3) is 4.14. The molecular formula is C14H19N3S2. The van der Waals surface area contributed by atoms with Crippen molar-refractivity contribution in [1.82, 2.24) is 4.98 Å². The standard InChI is InChI=1S/C14H19N3S2/c1-4-5-6-11-7-9-12(10-8-11)15-13-16-14(17(2)3)19-18-13/h7-10H,4-6H2,1-3H3. The van der Waals surface area contributed by atoms with Crippen molar-refractivity contribution in [2.75, 3.05) is 19.0 Å². The van der Waals surface area contributed by atoms with Gasteiger partial charge >= 0.3 is 0 Å². The number of rotatable bonds is 5. The first-order valence-corrected chi connectivity index (χ1v) is 8.62. The zero-order valence-electron chi connectivity index (χ0n) is 11.6. The van der Waals surface area contributed by atoms with Gasteiger partial charge in [0, 0.05) is 14.1 Å². The van der Waals surface area contributed by atoms with E-state index in [0.717, 1.165) is 22.0 Å². The summed E-state index contributed by atoms with van der Waals surface area (Å²) in [7, 11) is 7.26. The highest BCUT2D eigenvalue weighted by molar-refractivity contribution is 7.69. The average Bonchev–Trinajstić information content (AvgIpc) is 2.87. The Morgan fingerprint density at radius 3 is 2.47 bits per heavy atom. The van der Waals surface area contributed by atoms with Crippen molar-refractivity contribution in [3.63, 3.8) is 0 Å². The van der Waals surface area contributed by atoms with E-state index in [0.29, 0.717) is 0 Å². The van der Waals surface area contributed by atoms with Crippen molar-refractivity contribution in [1.29, 1.82) is 0 Å². The molecule has 1 aromatic carbocycles. The Kier molecular flexibility index (Phi) is 5.10. The SMILES string of the molecule is CCCCc1ccc(N=c2nc(N(C)C)ss2)cc1. The van der Waals surface area contributed by atoms with Gasteiger partial charge in [-0.2, -0.15) is 4.98 Å². The number of aryl methyl sites for hydroxylation is 1. The van der Waals surface area contributed by atoms with Gasteiger partial charge in [0.05, 0.1) is 5.69 Å². The second-order valence-corrected chi connectivity index (χ2v) is 6.68. The smallest absolute Gasteiger partial charge is 0.222 e. The maximum atomic E-state index is 4.56. The first-order valence-electron chi connectivity index (χ1n) is 6.47. The molecule has 1 aromatic heterocycles. The largest absolute Gasteiger partial charge is 0.353 e. The van der Waals surface area contributed by atoms with Crippen molar-refractivity contribution in [2.24, 2.45) is 4.99 Å². The second kappa shape index (κ2) is 6.82. The summed E-state index contributed by atoms with van der Waals surface area (Å²) in [6, 6.07) is 8.48. The van der Waals surface area contributed by atoms with E-state index in [1.54, 1.807) is 20.7 Å². The molecule has 1 heterocycles. The Morgan fingerprint density at radius 1 is 1.16 bits per heavy atom. The van der Waals surface area contributed by atoms with Crippen LogP contribution in [0, 0.1) is 0 Å². The van der Waals surface area contributed by atoms with E-state index in [-0.39, 0.29) is 0 Å². The zero-order chi connectivity index (χ0) is 13.7. The van der Waals surface area contributed by atoms with Gasteiger partial charge in [-0.3, -0.25) is 0 Å². The van der Waals surface area contributed by atoms with Crippen LogP contribution in [0.3, 0.4) is 0 Å². The molecule has 0 saturated carbocycles. The van der Waals surface area contributed by atoms with Crippen LogP contribution in [0.2, 0.25) is 0 Å². The third-order valence-electron chi connectivity index (χ3n) is 2.74. The molecule has 2 aromatic rings. The maximum Gasteiger partial charge on any atom is 0.222 e. The molecule has 0 N–H and O–H groups in total. The molecule has 0 atom stereocenters. The van der Waals surface area contributed by atoms with E-state index in [4.69, 9.17) is 0 Å². The Bertz CT molecular complexity index is 567. The Morgan fingerprint density at radius 2 is 1.89 bits per heavy atom. The second-order valence-electron chi connectivity index (χ2n) is 4.62. The van der Waals surface area contributed by atoms with Gasteiger partial charge in [0.1, 0.15) is 0 Å². The summed E-state index contributed by atoms with van der Waals surface area (Å²) >= 11 is 0. The van der Waals surface area contributed by atoms with Gasteiger partial charge in [-0.15, -0.1) is 0 Å². The quantitative estimate of drug-likeness (QED) is 0.783. The van der Waals surface area contributed by atoms with Gasteiger partial charge in [0.15, 0.2) is 5.13 Å². The molecule has 0 amide bonds. The molecule has 0 aliphatic rings. The summed E-state index contributed by atoms with van der Waals surface area (Å²) in [5, 5.41) is 1.00. The molecule has 0 bridgehead atoms. The van der Waals surface area contributed by atoms with Crippen LogP contribution < -0.4 is 9.70 Å². The molecule has 0 aliphatic heterocycles. The highest BCUT2D eigenvalue weighted by Gasteiger charge is 2.00. The van der Waals surface area contributed by atoms with Gasteiger partial charge in [-0.05, 0) is 51.2 Å². The highest BCUT2D eigenvalue weighted by atomic mass is 32.9. The minimum absolute atomic E-state index is 0.829. The van der Waals surface area contributed by atoms with Crippen molar-refractivity contribution in [3.05, 3.63) is 34.6 Å². The lowest BCUT2D eigenvalue weighted by Crippen LogP contribution is -2.10. The molecule has 3 nitrogen and oxygen atoms in total. The monoisotopic (exact) mass is 293 g/mol. The topological polar surface area (TPSA) is 28.5 Å². The molecule has 0 fully saturated rings. The van der Waals surface area contributed by atoms with Crippen LogP contribution in [0.25, 0.3) is 0 Å². The van der Waals surface area contributed by atoms with E-state index < -0.39 is 0 Å². The molecule has 5 heteroatoms. The number of nitrogens with zero attached hydrogens (tertiary/aromatic N) is 3. The fraction of sp³-hybridized carbons (Fsp3) is 0.429. The molecule has 0 aliphatic carbocycles. The molecule has 0 unspecified atom stereocenters. The van der Waals surface area contributed by atoms with Gasteiger partial charge in [0.25, 0.3) is 0 Å². The number of unbranched alkanes of at least 4 members (excludes halogenated alkanes) is 1. The third-order valence-corrected chi connectivity index (χ3v) is 4.91. The van der Waals surface area contributed by atoms with Crippen LogP contribution in [0.1, 0.15) is 25.3 Å². The number of hydrogen-bond donors (Lipinski definition) is 0. The molecule has 19 heavy (non-hydrogen) atoms. The van der Waals surface area contributed by atoms with Gasteiger partial charge in [0.2, 0.25) is 4.80 Å². The molecule has 0 saturated heterocycles. The van der Waals surface area contributed by atoms with Crippen molar-refractivity contribution in [2.45, 2.75) is 26.2 Å². The molecular weight excluding hydrogens is 274 g/mol. The Hall–Kier alpha value is -1.20. The van der Waals surface area contributed by atoms with Crippen LogP contribution in [-0.2, 0) is 6.42 Å². The fourth-order valence-electron chi connectivity index (χ4n) is 1.64. The average molecular weight is 293 g/mol. The van der Waals surface area contributed by atoms with Crippen LogP contribution in [0.5, 0.6) is 0 Å². The summed E-state index contributed by atoms with van der Waals surface area (Å²) in [4.78, 5) is 11.9. The predicted octanol–water partition coefficient (Wildman–Crippen LogP) is 3.85. The summed E-state index contributed by atoms with van der Waals surface area (Å²) in [5.74, 6) is 0. The summed E-state index contributed by atoms with van der Waals surface area (Å²) in [6.45, 7) is 2.22. The first-order chi connectivity index (χ1) is 9.19. The van der Waals surface area contributed by atoms with Crippen LogP contribution in [-0.4, -0.2) is 19.1 Å². The lowest BCUT2D eigenvalue weighted by molar-refractivity contribution is 0.795. The van der Waals surface area contributed by atoms with Gasteiger partial charge in [-0.1, -0.05) is 25.5 Å². The Labute approximate surface area is 121 Å². The number of benzene rings is 1. The minimum Gasteiger partial charge on any atom is -0.353 e.